The van der Waals surface area contributed by atoms with Gasteiger partial charge in [-0.1, -0.05) is 12.1 Å². The predicted molar refractivity (Wildman–Crippen MR) is 153 cm³/mol. The fourth-order valence-electron chi connectivity index (χ4n) is 4.23. The molecule has 0 radical (unpaired) electrons. The Hall–Kier alpha value is -5.29. The van der Waals surface area contributed by atoms with Gasteiger partial charge in [-0.15, -0.1) is 0 Å². The number of hydrogen-bond acceptors (Lipinski definition) is 10. The molecular weight excluding hydrogens is 619 g/mol. The molecule has 1 fully saturated rings. The number of nitrogens with one attached hydrogen (secondary N) is 2. The molecule has 1 aliphatic rings. The van der Waals surface area contributed by atoms with Crippen LogP contribution in [-0.2, 0) is 20.8 Å². The second-order valence-corrected chi connectivity index (χ2v) is 11.8. The van der Waals surface area contributed by atoms with Crippen molar-refractivity contribution in [3.63, 3.8) is 0 Å². The Morgan fingerprint density at radius 1 is 1.02 bits per heavy atom. The van der Waals surface area contributed by atoms with E-state index in [4.69, 9.17) is 14.2 Å². The predicted octanol–water partition coefficient (Wildman–Crippen LogP) is 4.82. The van der Waals surface area contributed by atoms with Gasteiger partial charge in [-0.2, -0.15) is 23.3 Å². The van der Waals surface area contributed by atoms with E-state index in [1.54, 1.807) is 47.2 Å². The zero-order chi connectivity index (χ0) is 31.8. The highest BCUT2D eigenvalue weighted by molar-refractivity contribution is 7.90. The molecule has 0 bridgehead atoms. The maximum absolute atomic E-state index is 13.2. The van der Waals surface area contributed by atoms with Crippen molar-refractivity contribution in [1.82, 2.24) is 24.6 Å². The summed E-state index contributed by atoms with van der Waals surface area (Å²) in [4.78, 5) is 24.6. The molecule has 2 N–H and O–H groups in total. The summed E-state index contributed by atoms with van der Waals surface area (Å²) in [5.41, 5.74) is 0.606. The molecule has 17 heteroatoms. The molecule has 0 atom stereocenters. The lowest BCUT2D eigenvalue weighted by atomic mass is 10.1. The van der Waals surface area contributed by atoms with E-state index in [1.165, 1.54) is 12.4 Å². The lowest BCUT2D eigenvalue weighted by Gasteiger charge is -2.26. The van der Waals surface area contributed by atoms with Gasteiger partial charge in [0, 0.05) is 24.1 Å². The first-order chi connectivity index (χ1) is 21.4. The number of ether oxygens (including phenoxy) is 3. The Kier molecular flexibility index (Phi) is 7.71. The van der Waals surface area contributed by atoms with Crippen LogP contribution in [0.3, 0.4) is 0 Å². The van der Waals surface area contributed by atoms with Gasteiger partial charge in [0.1, 0.15) is 11.9 Å². The van der Waals surface area contributed by atoms with E-state index in [0.717, 1.165) is 23.4 Å². The molecule has 6 rings (SSSR count). The lowest BCUT2D eigenvalue weighted by molar-refractivity contribution is -0.137. The van der Waals surface area contributed by atoms with Crippen molar-refractivity contribution in [3.05, 3.63) is 78.9 Å². The van der Waals surface area contributed by atoms with Crippen molar-refractivity contribution in [2.24, 2.45) is 0 Å². The van der Waals surface area contributed by atoms with Crippen LogP contribution in [0.4, 0.5) is 29.3 Å². The Balaban J connectivity index is 1.10. The van der Waals surface area contributed by atoms with Gasteiger partial charge in [0.25, 0.3) is 0 Å². The number of carbonyl (C=O) groups is 1. The number of carbonyl (C=O) groups excluding carboxylic acids is 1. The summed E-state index contributed by atoms with van der Waals surface area (Å²) < 4.78 is 81.8. The van der Waals surface area contributed by atoms with E-state index in [2.05, 4.69) is 30.7 Å². The Bertz CT molecular complexity index is 1980. The smallest absolute Gasteiger partial charge is 0.416 e. The molecule has 5 aromatic rings. The normalized spacial score (nSPS) is 13.7. The first-order valence-electron chi connectivity index (χ1n) is 13.1. The third-order valence-corrected chi connectivity index (χ3v) is 7.61. The van der Waals surface area contributed by atoms with Gasteiger partial charge < -0.3 is 24.8 Å². The number of rotatable bonds is 8. The maximum Gasteiger partial charge on any atom is 0.416 e. The Labute approximate surface area is 252 Å². The van der Waals surface area contributed by atoms with Gasteiger partial charge in [0.2, 0.25) is 5.88 Å². The van der Waals surface area contributed by atoms with E-state index in [1.807, 2.05) is 0 Å². The van der Waals surface area contributed by atoms with Crippen molar-refractivity contribution in [1.29, 1.82) is 0 Å². The van der Waals surface area contributed by atoms with Gasteiger partial charge in [-0.05, 0) is 35.9 Å². The van der Waals surface area contributed by atoms with Gasteiger partial charge in [-0.3, -0.25) is 0 Å². The first kappa shape index (κ1) is 29.8. The van der Waals surface area contributed by atoms with E-state index < -0.39 is 38.2 Å². The molecule has 0 saturated carbocycles. The highest BCUT2D eigenvalue weighted by Gasteiger charge is 2.32. The molecule has 2 aromatic carbocycles. The molecule has 4 heterocycles. The quantitative estimate of drug-likeness (QED) is 0.241. The zero-order valence-corrected chi connectivity index (χ0v) is 24.0. The monoisotopic (exact) mass is 641 g/mol. The molecule has 0 unspecified atom stereocenters. The highest BCUT2D eigenvalue weighted by atomic mass is 32.2. The third-order valence-electron chi connectivity index (χ3n) is 6.45. The van der Waals surface area contributed by atoms with Gasteiger partial charge >= 0.3 is 18.2 Å². The molecule has 2 amide bonds. The summed E-state index contributed by atoms with van der Waals surface area (Å²) in [6.07, 6.45) is 1.91. The molecule has 45 heavy (non-hydrogen) atoms. The largest absolute Gasteiger partial charge is 0.469 e. The molecular formula is C28H22F3N7O6S. The average molecular weight is 642 g/mol. The van der Waals surface area contributed by atoms with Crippen LogP contribution in [0, 0.1) is 0 Å². The molecule has 13 nitrogen and oxygen atoms in total. The SMILES string of the molecule is CS(=O)(=O)c1ccc(C(F)(F)F)cc1NC(=O)Nc1cnc(Oc2ccc(-c3cnn4ccc(OC5COC5)nc34)cc2)nc1. The van der Waals surface area contributed by atoms with Crippen LogP contribution in [0.5, 0.6) is 17.6 Å². The third kappa shape index (κ3) is 6.78. The second kappa shape index (κ2) is 11.7. The molecule has 3 aromatic heterocycles. The Morgan fingerprint density at radius 2 is 1.76 bits per heavy atom. The lowest BCUT2D eigenvalue weighted by Crippen LogP contribution is -2.38. The first-order valence-corrected chi connectivity index (χ1v) is 15.0. The summed E-state index contributed by atoms with van der Waals surface area (Å²) >= 11 is 0. The number of aromatic nitrogens is 5. The fourth-order valence-corrected chi connectivity index (χ4v) is 5.05. The number of anilines is 2. The second-order valence-electron chi connectivity index (χ2n) is 9.81. The topological polar surface area (TPSA) is 159 Å². The minimum absolute atomic E-state index is 0.0217. The molecule has 232 valence electrons. The summed E-state index contributed by atoms with van der Waals surface area (Å²) in [6.45, 7) is 1.05. The summed E-state index contributed by atoms with van der Waals surface area (Å²) in [7, 11) is -3.95. The minimum atomic E-state index is -4.75. The molecule has 1 aliphatic heterocycles. The minimum Gasteiger partial charge on any atom is -0.469 e. The summed E-state index contributed by atoms with van der Waals surface area (Å²) in [5, 5.41) is 8.82. The number of urea groups is 1. The van der Waals surface area contributed by atoms with Crippen LogP contribution >= 0.6 is 0 Å². The molecule has 0 aliphatic carbocycles. The number of alkyl halides is 3. The number of benzene rings is 2. The Morgan fingerprint density at radius 3 is 2.40 bits per heavy atom. The van der Waals surface area contributed by atoms with Crippen LogP contribution in [0.25, 0.3) is 16.8 Å². The van der Waals surface area contributed by atoms with Crippen LogP contribution in [0.1, 0.15) is 5.56 Å². The van der Waals surface area contributed by atoms with Gasteiger partial charge in [-0.25, -0.2) is 27.7 Å². The highest BCUT2D eigenvalue weighted by Crippen LogP contribution is 2.34. The fraction of sp³-hybridized carbons (Fsp3) is 0.179. The van der Waals surface area contributed by atoms with E-state index in [0.29, 0.717) is 42.6 Å². The van der Waals surface area contributed by atoms with Crippen molar-refractivity contribution < 1.29 is 40.6 Å². The zero-order valence-electron chi connectivity index (χ0n) is 23.1. The van der Waals surface area contributed by atoms with Crippen LogP contribution < -0.4 is 20.1 Å². The number of halogens is 3. The van der Waals surface area contributed by atoms with Crippen molar-refractivity contribution in [3.8, 4) is 28.8 Å². The van der Waals surface area contributed by atoms with Crippen molar-refractivity contribution in [2.45, 2.75) is 17.2 Å². The van der Waals surface area contributed by atoms with Crippen LogP contribution in [0.15, 0.2) is 78.2 Å². The number of amides is 2. The number of hydrogen-bond donors (Lipinski definition) is 2. The van der Waals surface area contributed by atoms with E-state index in [-0.39, 0.29) is 17.8 Å². The van der Waals surface area contributed by atoms with Crippen molar-refractivity contribution >= 4 is 32.9 Å². The van der Waals surface area contributed by atoms with Crippen LogP contribution in [0.2, 0.25) is 0 Å². The number of sulfone groups is 1. The van der Waals surface area contributed by atoms with Crippen LogP contribution in [-0.4, -0.2) is 64.6 Å². The van der Waals surface area contributed by atoms with Gasteiger partial charge in [0.05, 0.1) is 53.6 Å². The average Bonchev–Trinajstić information content (AvgIpc) is 3.39. The van der Waals surface area contributed by atoms with Gasteiger partial charge in [0.15, 0.2) is 15.5 Å². The van der Waals surface area contributed by atoms with E-state index in [9.17, 15) is 26.4 Å². The summed E-state index contributed by atoms with van der Waals surface area (Å²) in [6, 6.07) is 9.62. The molecule has 0 spiro atoms. The standard InChI is InChI=1S/C28H22F3N7O6S/c1-45(40,41)23-7-4-17(28(29,30)31)10-22(23)36-26(39)35-18-11-32-27(33-12-18)44-19-5-2-16(3-6-19)21-13-34-38-9-8-24(37-25(21)38)43-20-14-42-15-20/h2-13,20H,14-15H2,1H3,(H2,35,36,39). The van der Waals surface area contributed by atoms with E-state index >= 15 is 0 Å². The molecule has 1 saturated heterocycles. The maximum atomic E-state index is 13.2. The number of nitrogens with zero attached hydrogens (tertiary/aromatic N) is 5. The summed E-state index contributed by atoms with van der Waals surface area (Å²) in [5.74, 6) is 0.882. The van der Waals surface area contributed by atoms with Crippen molar-refractivity contribution in [2.75, 3.05) is 30.1 Å². The number of fused-ring (bicyclic) bond motifs is 1.